The van der Waals surface area contributed by atoms with Crippen molar-refractivity contribution in [3.8, 4) is 0 Å². The number of rotatable bonds is 2. The van der Waals surface area contributed by atoms with Crippen LogP contribution in [0.4, 0.5) is 5.95 Å². The van der Waals surface area contributed by atoms with Crippen molar-refractivity contribution < 1.29 is 0 Å². The highest BCUT2D eigenvalue weighted by Crippen LogP contribution is 2.18. The molecule has 0 radical (unpaired) electrons. The fourth-order valence-corrected chi connectivity index (χ4v) is 2.19. The molecule has 2 rings (SSSR count). The third-order valence-corrected chi connectivity index (χ3v) is 3.57. The number of likely N-dealkylation sites (tertiary alicyclic amines) is 1. The molecule has 0 spiro atoms. The second-order valence-corrected chi connectivity index (χ2v) is 5.34. The fourth-order valence-electron chi connectivity index (χ4n) is 1.99. The first-order valence-corrected chi connectivity index (χ1v) is 6.39. The molecule has 0 aromatic carbocycles. The lowest BCUT2D eigenvalue weighted by Crippen LogP contribution is -2.42. The van der Waals surface area contributed by atoms with Crippen molar-refractivity contribution >= 4 is 21.9 Å². The zero-order valence-electron chi connectivity index (χ0n) is 9.65. The molecule has 4 nitrogen and oxygen atoms in total. The van der Waals surface area contributed by atoms with Gasteiger partial charge in [-0.2, -0.15) is 0 Å². The quantitative estimate of drug-likeness (QED) is 0.904. The Balaban J connectivity index is 1.93. The van der Waals surface area contributed by atoms with E-state index in [1.807, 2.05) is 0 Å². The van der Waals surface area contributed by atoms with Crippen LogP contribution in [0.3, 0.4) is 0 Å². The van der Waals surface area contributed by atoms with Crippen LogP contribution in [0.5, 0.6) is 0 Å². The molecule has 1 aliphatic rings. The number of nitrogens with one attached hydrogen (secondary N) is 1. The first-order valence-electron chi connectivity index (χ1n) is 5.59. The van der Waals surface area contributed by atoms with Crippen LogP contribution in [0.1, 0.15) is 19.8 Å². The first-order chi connectivity index (χ1) is 7.65. The molecule has 2 atom stereocenters. The summed E-state index contributed by atoms with van der Waals surface area (Å²) in [5.74, 6) is 0.727. The van der Waals surface area contributed by atoms with E-state index in [0.29, 0.717) is 12.1 Å². The maximum atomic E-state index is 4.23. The van der Waals surface area contributed by atoms with Crippen LogP contribution in [-0.2, 0) is 0 Å². The molecule has 2 unspecified atom stereocenters. The number of hydrogen-bond donors (Lipinski definition) is 1. The topological polar surface area (TPSA) is 41.1 Å². The lowest BCUT2D eigenvalue weighted by molar-refractivity contribution is 0.190. The number of nitrogens with zero attached hydrogens (tertiary/aromatic N) is 3. The van der Waals surface area contributed by atoms with Gasteiger partial charge in [-0.25, -0.2) is 9.97 Å². The summed E-state index contributed by atoms with van der Waals surface area (Å²) >= 11 is 3.33. The van der Waals surface area contributed by atoms with Gasteiger partial charge in [0.15, 0.2) is 0 Å². The average molecular weight is 285 g/mol. The van der Waals surface area contributed by atoms with Crippen LogP contribution in [0, 0.1) is 0 Å². The summed E-state index contributed by atoms with van der Waals surface area (Å²) in [7, 11) is 2.18. The van der Waals surface area contributed by atoms with Crippen molar-refractivity contribution in [1.82, 2.24) is 14.9 Å². The van der Waals surface area contributed by atoms with Gasteiger partial charge in [0.05, 0.1) is 4.47 Å². The molecule has 1 saturated heterocycles. The van der Waals surface area contributed by atoms with Gasteiger partial charge in [0, 0.05) is 31.0 Å². The van der Waals surface area contributed by atoms with Crippen molar-refractivity contribution in [3.05, 3.63) is 16.9 Å². The number of hydrogen-bond acceptors (Lipinski definition) is 4. The van der Waals surface area contributed by atoms with Gasteiger partial charge in [0.2, 0.25) is 5.95 Å². The van der Waals surface area contributed by atoms with E-state index in [1.54, 1.807) is 12.4 Å². The Bertz CT molecular complexity index is 340. The number of anilines is 1. The Morgan fingerprint density at radius 3 is 2.75 bits per heavy atom. The van der Waals surface area contributed by atoms with E-state index in [-0.39, 0.29) is 0 Å². The lowest BCUT2D eigenvalue weighted by Gasteiger charge is -2.35. The van der Waals surface area contributed by atoms with E-state index in [9.17, 15) is 0 Å². The van der Waals surface area contributed by atoms with Gasteiger partial charge < -0.3 is 10.2 Å². The van der Waals surface area contributed by atoms with E-state index in [0.717, 1.165) is 29.8 Å². The summed E-state index contributed by atoms with van der Waals surface area (Å²) in [4.78, 5) is 10.9. The van der Waals surface area contributed by atoms with Crippen LogP contribution >= 0.6 is 15.9 Å². The van der Waals surface area contributed by atoms with E-state index in [4.69, 9.17) is 0 Å². The second kappa shape index (κ2) is 5.10. The average Bonchev–Trinajstić information content (AvgIpc) is 2.27. The van der Waals surface area contributed by atoms with Crippen molar-refractivity contribution in [1.29, 1.82) is 0 Å². The maximum Gasteiger partial charge on any atom is 0.222 e. The highest BCUT2D eigenvalue weighted by atomic mass is 79.9. The second-order valence-electron chi connectivity index (χ2n) is 4.42. The van der Waals surface area contributed by atoms with Crippen LogP contribution in [-0.4, -0.2) is 40.5 Å². The third-order valence-electron chi connectivity index (χ3n) is 3.16. The van der Waals surface area contributed by atoms with E-state index >= 15 is 0 Å². The Morgan fingerprint density at radius 1 is 1.44 bits per heavy atom. The van der Waals surface area contributed by atoms with Crippen molar-refractivity contribution in [3.63, 3.8) is 0 Å². The summed E-state index contributed by atoms with van der Waals surface area (Å²) in [5.41, 5.74) is 0. The van der Waals surface area contributed by atoms with Crippen molar-refractivity contribution in [2.75, 3.05) is 18.9 Å². The largest absolute Gasteiger partial charge is 0.351 e. The van der Waals surface area contributed by atoms with Crippen LogP contribution in [0.2, 0.25) is 0 Å². The SMILES string of the molecule is CC1CC(Nc2ncc(Br)cn2)CCN1C. The summed E-state index contributed by atoms with van der Waals surface area (Å²) in [6.45, 7) is 3.39. The predicted octanol–water partition coefficient (Wildman–Crippen LogP) is 2.13. The van der Waals surface area contributed by atoms with Gasteiger partial charge in [0.25, 0.3) is 0 Å². The summed E-state index contributed by atoms with van der Waals surface area (Å²) < 4.78 is 0.912. The zero-order valence-corrected chi connectivity index (χ0v) is 11.2. The standard InChI is InChI=1S/C11H17BrN4/c1-8-5-10(3-4-16(8)2)15-11-13-6-9(12)7-14-11/h6-8,10H,3-5H2,1-2H3,(H,13,14,15). The van der Waals surface area contributed by atoms with Gasteiger partial charge in [-0.1, -0.05) is 0 Å². The molecule has 5 heteroatoms. The molecule has 1 fully saturated rings. The van der Waals surface area contributed by atoms with Crippen LogP contribution in [0.15, 0.2) is 16.9 Å². The zero-order chi connectivity index (χ0) is 11.5. The molecule has 0 bridgehead atoms. The Morgan fingerprint density at radius 2 is 2.12 bits per heavy atom. The van der Waals surface area contributed by atoms with E-state index in [1.165, 1.54) is 0 Å². The highest BCUT2D eigenvalue weighted by molar-refractivity contribution is 9.10. The third kappa shape index (κ3) is 2.92. The number of piperidine rings is 1. The van der Waals surface area contributed by atoms with Gasteiger partial charge in [-0.15, -0.1) is 0 Å². The molecule has 1 aliphatic heterocycles. The molecule has 16 heavy (non-hydrogen) atoms. The predicted molar refractivity (Wildman–Crippen MR) is 68.5 cm³/mol. The molecule has 1 N–H and O–H groups in total. The molecular formula is C11H17BrN4. The molecule has 1 aromatic heterocycles. The molecule has 2 heterocycles. The van der Waals surface area contributed by atoms with Crippen molar-refractivity contribution in [2.45, 2.75) is 31.8 Å². The van der Waals surface area contributed by atoms with Gasteiger partial charge >= 0.3 is 0 Å². The van der Waals surface area contributed by atoms with Gasteiger partial charge in [-0.05, 0) is 42.7 Å². The van der Waals surface area contributed by atoms with Gasteiger partial charge in [-0.3, -0.25) is 0 Å². The smallest absolute Gasteiger partial charge is 0.222 e. The van der Waals surface area contributed by atoms with Gasteiger partial charge in [0.1, 0.15) is 0 Å². The Hall–Kier alpha value is -0.680. The Labute approximate surface area is 105 Å². The van der Waals surface area contributed by atoms with Crippen LogP contribution < -0.4 is 5.32 Å². The van der Waals surface area contributed by atoms with Crippen LogP contribution in [0.25, 0.3) is 0 Å². The maximum absolute atomic E-state index is 4.23. The van der Waals surface area contributed by atoms with E-state index < -0.39 is 0 Å². The first kappa shape index (κ1) is 11.8. The highest BCUT2D eigenvalue weighted by Gasteiger charge is 2.22. The molecule has 88 valence electrons. The summed E-state index contributed by atoms with van der Waals surface area (Å²) in [6, 6.07) is 1.12. The normalized spacial score (nSPS) is 26.7. The minimum Gasteiger partial charge on any atom is -0.351 e. The Kier molecular flexibility index (Phi) is 3.76. The molecule has 0 saturated carbocycles. The minimum absolute atomic E-state index is 0.493. The van der Waals surface area contributed by atoms with E-state index in [2.05, 4.69) is 50.1 Å². The summed E-state index contributed by atoms with van der Waals surface area (Å²) in [6.07, 6.45) is 5.84. The minimum atomic E-state index is 0.493. The summed E-state index contributed by atoms with van der Waals surface area (Å²) in [5, 5.41) is 3.39. The molecule has 1 aromatic rings. The fraction of sp³-hybridized carbons (Fsp3) is 0.636. The van der Waals surface area contributed by atoms with Crippen molar-refractivity contribution in [2.24, 2.45) is 0 Å². The molecular weight excluding hydrogens is 268 g/mol. The molecule has 0 amide bonds. The lowest BCUT2D eigenvalue weighted by atomic mass is 9.99. The number of halogens is 1. The molecule has 0 aliphatic carbocycles. The monoisotopic (exact) mass is 284 g/mol. The number of aromatic nitrogens is 2.